The first-order chi connectivity index (χ1) is 5.56. The first-order valence-corrected chi connectivity index (χ1v) is 3.46. The van der Waals surface area contributed by atoms with Crippen LogP contribution in [-0.4, -0.2) is 25.0 Å². The molecule has 1 N–H and O–H groups in total. The second-order valence-corrected chi connectivity index (χ2v) is 2.37. The highest BCUT2D eigenvalue weighted by Gasteiger charge is 1.98. The van der Waals surface area contributed by atoms with Crippen molar-refractivity contribution in [3.63, 3.8) is 0 Å². The van der Waals surface area contributed by atoms with Gasteiger partial charge in [-0.2, -0.15) is 0 Å². The molecule has 66 valence electrons. The Morgan fingerprint density at radius 3 is 2.33 bits per heavy atom. The van der Waals surface area contributed by atoms with Crippen molar-refractivity contribution in [2.24, 2.45) is 0 Å². The largest absolute Gasteiger partial charge is 0.459 e. The topological polar surface area (TPSA) is 55.4 Å². The Morgan fingerprint density at radius 1 is 1.33 bits per heavy atom. The van der Waals surface area contributed by atoms with E-state index < -0.39 is 11.9 Å². The zero-order valence-electron chi connectivity index (χ0n) is 7.30. The van der Waals surface area contributed by atoms with Crippen LogP contribution in [0.5, 0.6) is 0 Å². The van der Waals surface area contributed by atoms with Crippen LogP contribution < -0.4 is 5.32 Å². The van der Waals surface area contributed by atoms with Gasteiger partial charge in [-0.15, -0.1) is 0 Å². The highest BCUT2D eigenvalue weighted by molar-refractivity contribution is 6.00. The summed E-state index contributed by atoms with van der Waals surface area (Å²) in [5.41, 5.74) is 0. The Balaban J connectivity index is 3.96. The third-order valence-corrected chi connectivity index (χ3v) is 0.883. The highest BCUT2D eigenvalue weighted by atomic mass is 16.5. The number of rotatable bonds is 1. The van der Waals surface area contributed by atoms with Gasteiger partial charge in [-0.3, -0.25) is 4.79 Å². The minimum Gasteiger partial charge on any atom is -0.459 e. The van der Waals surface area contributed by atoms with E-state index in [1.165, 1.54) is 7.11 Å². The van der Waals surface area contributed by atoms with Crippen LogP contribution in [0.3, 0.4) is 0 Å². The third-order valence-electron chi connectivity index (χ3n) is 0.883. The van der Waals surface area contributed by atoms with Crippen molar-refractivity contribution in [3.05, 3.63) is 0 Å². The SMILES string of the molecule is COC(=O)C#CC(=O)NC(C)C. The molecule has 0 aromatic rings. The molecule has 0 unspecified atom stereocenters. The lowest BCUT2D eigenvalue weighted by molar-refractivity contribution is -0.134. The van der Waals surface area contributed by atoms with Crippen LogP contribution in [0.1, 0.15) is 13.8 Å². The van der Waals surface area contributed by atoms with E-state index in [9.17, 15) is 9.59 Å². The van der Waals surface area contributed by atoms with Crippen LogP contribution >= 0.6 is 0 Å². The van der Waals surface area contributed by atoms with E-state index in [0.717, 1.165) is 0 Å². The molecule has 0 spiro atoms. The van der Waals surface area contributed by atoms with Crippen LogP contribution in [0.4, 0.5) is 0 Å². The number of methoxy groups -OCH3 is 1. The minimum absolute atomic E-state index is 0.0180. The summed E-state index contributed by atoms with van der Waals surface area (Å²) in [6.45, 7) is 3.61. The van der Waals surface area contributed by atoms with Gasteiger partial charge in [0.25, 0.3) is 5.91 Å². The quantitative estimate of drug-likeness (QED) is 0.333. The molecule has 0 aliphatic carbocycles. The maximum absolute atomic E-state index is 10.8. The smallest absolute Gasteiger partial charge is 0.384 e. The summed E-state index contributed by atoms with van der Waals surface area (Å²) in [6, 6.07) is 0.0180. The molecule has 0 heterocycles. The monoisotopic (exact) mass is 169 g/mol. The normalized spacial score (nSPS) is 8.33. The Morgan fingerprint density at radius 2 is 1.92 bits per heavy atom. The lowest BCUT2D eigenvalue weighted by atomic mass is 10.4. The molecular formula is C8H11NO3. The minimum atomic E-state index is -0.714. The summed E-state index contributed by atoms with van der Waals surface area (Å²) in [4.78, 5) is 21.2. The Kier molecular flexibility index (Phi) is 4.54. The van der Waals surface area contributed by atoms with E-state index in [-0.39, 0.29) is 6.04 Å². The van der Waals surface area contributed by atoms with Gasteiger partial charge in [0.2, 0.25) is 0 Å². The summed E-state index contributed by atoms with van der Waals surface area (Å²) >= 11 is 0. The summed E-state index contributed by atoms with van der Waals surface area (Å²) in [7, 11) is 1.21. The van der Waals surface area contributed by atoms with Crippen molar-refractivity contribution in [3.8, 4) is 11.8 Å². The van der Waals surface area contributed by atoms with Crippen molar-refractivity contribution < 1.29 is 14.3 Å². The predicted molar refractivity (Wildman–Crippen MR) is 43.1 cm³/mol. The second-order valence-electron chi connectivity index (χ2n) is 2.37. The van der Waals surface area contributed by atoms with Gasteiger partial charge < -0.3 is 10.1 Å². The molecule has 0 aromatic carbocycles. The van der Waals surface area contributed by atoms with Crippen molar-refractivity contribution in [1.82, 2.24) is 5.32 Å². The van der Waals surface area contributed by atoms with E-state index >= 15 is 0 Å². The lowest BCUT2D eigenvalue weighted by Gasteiger charge is -2.01. The molecule has 0 bridgehead atoms. The number of nitrogens with one attached hydrogen (secondary N) is 1. The first-order valence-electron chi connectivity index (χ1n) is 3.46. The Bertz CT molecular complexity index is 234. The van der Waals surface area contributed by atoms with Crippen LogP contribution in [0.15, 0.2) is 0 Å². The summed E-state index contributed by atoms with van der Waals surface area (Å²) in [5.74, 6) is 2.91. The van der Waals surface area contributed by atoms with Crippen molar-refractivity contribution in [2.75, 3.05) is 7.11 Å². The molecular weight excluding hydrogens is 158 g/mol. The van der Waals surface area contributed by atoms with E-state index in [2.05, 4.69) is 16.0 Å². The molecule has 0 atom stereocenters. The molecule has 12 heavy (non-hydrogen) atoms. The molecule has 0 aliphatic heterocycles. The standard InChI is InChI=1S/C8H11NO3/c1-6(2)9-7(10)4-5-8(11)12-3/h6H,1-3H3,(H,9,10). The molecule has 0 rings (SSSR count). The number of hydrogen-bond donors (Lipinski definition) is 1. The lowest BCUT2D eigenvalue weighted by Crippen LogP contribution is -2.28. The van der Waals surface area contributed by atoms with Crippen LogP contribution in [0, 0.1) is 11.8 Å². The van der Waals surface area contributed by atoms with E-state index in [0.29, 0.717) is 0 Å². The Hall–Kier alpha value is -1.50. The molecule has 0 saturated heterocycles. The van der Waals surface area contributed by atoms with Gasteiger partial charge in [0.05, 0.1) is 7.11 Å². The van der Waals surface area contributed by atoms with Crippen molar-refractivity contribution in [2.45, 2.75) is 19.9 Å². The van der Waals surface area contributed by atoms with Gasteiger partial charge in [-0.1, -0.05) is 0 Å². The molecule has 4 heteroatoms. The number of carbonyl (C=O) groups excluding carboxylic acids is 2. The van der Waals surface area contributed by atoms with Gasteiger partial charge in [-0.25, -0.2) is 4.79 Å². The number of ether oxygens (including phenoxy) is 1. The fourth-order valence-electron chi connectivity index (χ4n) is 0.457. The average Bonchev–Trinajstić information content (AvgIpc) is 1.99. The summed E-state index contributed by atoms with van der Waals surface area (Å²) in [5, 5.41) is 2.50. The van der Waals surface area contributed by atoms with E-state index in [1.807, 2.05) is 5.92 Å². The van der Waals surface area contributed by atoms with Gasteiger partial charge >= 0.3 is 5.97 Å². The molecule has 0 saturated carbocycles. The molecule has 0 radical (unpaired) electrons. The summed E-state index contributed by atoms with van der Waals surface area (Å²) in [6.07, 6.45) is 0. The Labute approximate surface area is 71.3 Å². The van der Waals surface area contributed by atoms with Gasteiger partial charge in [0, 0.05) is 17.9 Å². The summed E-state index contributed by atoms with van der Waals surface area (Å²) < 4.78 is 4.21. The second kappa shape index (κ2) is 5.19. The maximum Gasteiger partial charge on any atom is 0.384 e. The predicted octanol–water partition coefficient (Wildman–Crippen LogP) is -0.313. The van der Waals surface area contributed by atoms with Gasteiger partial charge in [0.15, 0.2) is 0 Å². The van der Waals surface area contributed by atoms with Crippen LogP contribution in [0.2, 0.25) is 0 Å². The van der Waals surface area contributed by atoms with Crippen LogP contribution in [-0.2, 0) is 14.3 Å². The first kappa shape index (κ1) is 10.5. The van der Waals surface area contributed by atoms with Gasteiger partial charge in [0.1, 0.15) is 0 Å². The number of carbonyl (C=O) groups is 2. The molecule has 1 amide bonds. The van der Waals surface area contributed by atoms with Gasteiger partial charge in [-0.05, 0) is 13.8 Å². The number of esters is 1. The highest BCUT2D eigenvalue weighted by Crippen LogP contribution is 1.75. The third kappa shape index (κ3) is 5.30. The number of hydrogen-bond acceptors (Lipinski definition) is 3. The fraction of sp³-hybridized carbons (Fsp3) is 0.500. The maximum atomic E-state index is 10.8. The van der Waals surface area contributed by atoms with Crippen LogP contribution in [0.25, 0.3) is 0 Å². The van der Waals surface area contributed by atoms with E-state index in [1.54, 1.807) is 13.8 Å². The fourth-order valence-corrected chi connectivity index (χ4v) is 0.457. The van der Waals surface area contributed by atoms with Crippen molar-refractivity contribution >= 4 is 11.9 Å². The zero-order valence-corrected chi connectivity index (χ0v) is 7.30. The van der Waals surface area contributed by atoms with Crippen molar-refractivity contribution in [1.29, 1.82) is 0 Å². The molecule has 4 nitrogen and oxygen atoms in total. The molecule has 0 fully saturated rings. The van der Waals surface area contributed by atoms with E-state index in [4.69, 9.17) is 0 Å². The number of amides is 1. The molecule has 0 aliphatic rings. The zero-order chi connectivity index (χ0) is 9.56. The average molecular weight is 169 g/mol. The molecule has 0 aromatic heterocycles.